The molecule has 0 aromatic heterocycles. The van der Waals surface area contributed by atoms with Crippen molar-refractivity contribution in [1.82, 2.24) is 0 Å². The molecule has 0 atom stereocenters. The second-order valence-corrected chi connectivity index (χ2v) is 6.07. The molecule has 0 aromatic carbocycles. The molecule has 0 aliphatic heterocycles. The van der Waals surface area contributed by atoms with Gasteiger partial charge in [-0.05, 0) is 24.7 Å². The molecule has 0 spiro atoms. The first-order chi connectivity index (χ1) is 4.93. The molecule has 3 saturated carbocycles. The van der Waals surface area contributed by atoms with E-state index >= 15 is 0 Å². The SMILES string of the molecule is CCC12CC(S(N)(=O)=O)(C1)C2. The lowest BCUT2D eigenvalue weighted by molar-refractivity contribution is -0.0832. The molecule has 64 valence electrons. The summed E-state index contributed by atoms with van der Waals surface area (Å²) in [6.07, 6.45) is 3.55. The van der Waals surface area contributed by atoms with Crippen molar-refractivity contribution in [2.75, 3.05) is 0 Å². The highest BCUT2D eigenvalue weighted by atomic mass is 32.2. The van der Waals surface area contributed by atoms with Gasteiger partial charge in [0.25, 0.3) is 0 Å². The lowest BCUT2D eigenvalue weighted by Crippen LogP contribution is -2.71. The van der Waals surface area contributed by atoms with Crippen molar-refractivity contribution in [3.05, 3.63) is 0 Å². The van der Waals surface area contributed by atoms with Crippen LogP contribution in [0.5, 0.6) is 0 Å². The van der Waals surface area contributed by atoms with Crippen LogP contribution in [0.2, 0.25) is 0 Å². The minimum atomic E-state index is -3.25. The highest BCUT2D eigenvalue weighted by molar-refractivity contribution is 7.90. The third-order valence-corrected chi connectivity index (χ3v) is 5.09. The Morgan fingerprint density at radius 2 is 1.82 bits per heavy atom. The maximum atomic E-state index is 11.0. The molecule has 3 fully saturated rings. The van der Waals surface area contributed by atoms with Gasteiger partial charge < -0.3 is 0 Å². The van der Waals surface area contributed by atoms with E-state index in [0.29, 0.717) is 5.41 Å². The normalized spacial score (nSPS) is 47.8. The summed E-state index contributed by atoms with van der Waals surface area (Å²) in [5, 5.41) is 5.10. The molecule has 0 radical (unpaired) electrons. The monoisotopic (exact) mass is 175 g/mol. The lowest BCUT2D eigenvalue weighted by Gasteiger charge is -2.68. The van der Waals surface area contributed by atoms with Crippen molar-refractivity contribution in [1.29, 1.82) is 0 Å². The molecule has 0 amide bonds. The Bertz CT molecular complexity index is 274. The largest absolute Gasteiger partial charge is 0.228 e. The summed E-state index contributed by atoms with van der Waals surface area (Å²) in [6, 6.07) is 0. The maximum Gasteiger partial charge on any atom is 0.214 e. The zero-order valence-corrected chi connectivity index (χ0v) is 7.45. The van der Waals surface area contributed by atoms with Gasteiger partial charge in [0.05, 0.1) is 4.75 Å². The minimum absolute atomic E-state index is 0.368. The Labute approximate surface area is 67.0 Å². The predicted octanol–water partition coefficient (Wildman–Crippen LogP) is 0.608. The summed E-state index contributed by atoms with van der Waals surface area (Å²) in [5.41, 5.74) is 0.368. The molecule has 3 aliphatic rings. The quantitative estimate of drug-likeness (QED) is 0.668. The summed E-state index contributed by atoms with van der Waals surface area (Å²) in [4.78, 5) is 0. The second kappa shape index (κ2) is 1.64. The van der Waals surface area contributed by atoms with Crippen LogP contribution in [0.25, 0.3) is 0 Å². The molecule has 3 rings (SSSR count). The van der Waals surface area contributed by atoms with E-state index in [2.05, 4.69) is 6.92 Å². The van der Waals surface area contributed by atoms with Crippen molar-refractivity contribution in [3.8, 4) is 0 Å². The van der Waals surface area contributed by atoms with E-state index in [4.69, 9.17) is 5.14 Å². The average Bonchev–Trinajstić information content (AvgIpc) is 1.53. The van der Waals surface area contributed by atoms with Crippen molar-refractivity contribution in [3.63, 3.8) is 0 Å². The van der Waals surface area contributed by atoms with Gasteiger partial charge in [-0.25, -0.2) is 13.6 Å². The standard InChI is InChI=1S/C7H13NO2S/c1-2-6-3-7(4-6,5-6)11(8,9)10/h2-5H2,1H3,(H2,8,9,10). The average molecular weight is 175 g/mol. The van der Waals surface area contributed by atoms with Crippen LogP contribution >= 0.6 is 0 Å². The van der Waals surface area contributed by atoms with E-state index < -0.39 is 14.8 Å². The number of primary sulfonamides is 1. The van der Waals surface area contributed by atoms with Gasteiger partial charge >= 0.3 is 0 Å². The summed E-state index contributed by atoms with van der Waals surface area (Å²) in [7, 11) is -3.25. The first-order valence-corrected chi connectivity index (χ1v) is 5.50. The molecule has 2 N–H and O–H groups in total. The molecule has 3 nitrogen and oxygen atoms in total. The van der Waals surface area contributed by atoms with Gasteiger partial charge in [0.2, 0.25) is 10.0 Å². The third-order valence-electron chi connectivity index (χ3n) is 3.45. The van der Waals surface area contributed by atoms with E-state index in [1.807, 2.05) is 0 Å². The molecule has 0 saturated heterocycles. The zero-order chi connectivity index (χ0) is 8.33. The maximum absolute atomic E-state index is 11.0. The summed E-state index contributed by atoms with van der Waals surface area (Å²) in [6.45, 7) is 2.12. The Hall–Kier alpha value is -0.0900. The van der Waals surface area contributed by atoms with Gasteiger partial charge in [-0.15, -0.1) is 0 Å². The van der Waals surface area contributed by atoms with Crippen LogP contribution in [0.3, 0.4) is 0 Å². The Kier molecular flexibility index (Phi) is 1.13. The van der Waals surface area contributed by atoms with E-state index in [0.717, 1.165) is 25.7 Å². The smallest absolute Gasteiger partial charge is 0.214 e. The second-order valence-electron chi connectivity index (χ2n) is 4.11. The van der Waals surface area contributed by atoms with Crippen molar-refractivity contribution in [2.24, 2.45) is 10.6 Å². The summed E-state index contributed by atoms with van der Waals surface area (Å²) in [5.74, 6) is 0. The molecule has 0 unspecified atom stereocenters. The van der Waals surface area contributed by atoms with Crippen LogP contribution in [-0.2, 0) is 10.0 Å². The zero-order valence-electron chi connectivity index (χ0n) is 6.63. The molecular formula is C7H13NO2S. The van der Waals surface area contributed by atoms with Crippen LogP contribution in [0, 0.1) is 5.41 Å². The molecule has 11 heavy (non-hydrogen) atoms. The number of rotatable bonds is 2. The predicted molar refractivity (Wildman–Crippen MR) is 42.4 cm³/mol. The Balaban J connectivity index is 2.17. The van der Waals surface area contributed by atoms with Crippen molar-refractivity contribution < 1.29 is 8.42 Å². The summed E-state index contributed by atoms with van der Waals surface area (Å²) < 4.78 is 21.5. The van der Waals surface area contributed by atoms with Crippen LogP contribution < -0.4 is 5.14 Å². The number of sulfonamides is 1. The fourth-order valence-corrected chi connectivity index (χ4v) is 4.09. The van der Waals surface area contributed by atoms with Crippen molar-refractivity contribution in [2.45, 2.75) is 37.4 Å². The Morgan fingerprint density at radius 3 is 2.09 bits per heavy atom. The van der Waals surface area contributed by atoms with E-state index in [1.54, 1.807) is 0 Å². The van der Waals surface area contributed by atoms with Crippen LogP contribution in [-0.4, -0.2) is 13.2 Å². The molecular weight excluding hydrogens is 162 g/mol. The number of hydrogen-bond donors (Lipinski definition) is 1. The number of hydrogen-bond acceptors (Lipinski definition) is 2. The molecule has 0 aromatic rings. The topological polar surface area (TPSA) is 60.2 Å². The third kappa shape index (κ3) is 0.693. The van der Waals surface area contributed by atoms with E-state index in [1.165, 1.54) is 0 Å². The van der Waals surface area contributed by atoms with Crippen LogP contribution in [0.15, 0.2) is 0 Å². The van der Waals surface area contributed by atoms with Gasteiger partial charge in [0, 0.05) is 0 Å². The van der Waals surface area contributed by atoms with E-state index in [-0.39, 0.29) is 0 Å². The van der Waals surface area contributed by atoms with Gasteiger partial charge in [-0.1, -0.05) is 13.3 Å². The molecule has 0 heterocycles. The molecule has 2 bridgehead atoms. The number of nitrogens with two attached hydrogens (primary N) is 1. The highest BCUT2D eigenvalue weighted by Gasteiger charge is 2.72. The molecule has 3 aliphatic carbocycles. The first kappa shape index (κ1) is 7.55. The lowest BCUT2D eigenvalue weighted by atomic mass is 9.43. The highest BCUT2D eigenvalue weighted by Crippen LogP contribution is 2.71. The fourth-order valence-electron chi connectivity index (χ4n) is 2.57. The summed E-state index contributed by atoms with van der Waals surface area (Å²) >= 11 is 0. The van der Waals surface area contributed by atoms with E-state index in [9.17, 15) is 8.42 Å². The Morgan fingerprint density at radius 1 is 1.36 bits per heavy atom. The van der Waals surface area contributed by atoms with Gasteiger partial charge in [-0.3, -0.25) is 0 Å². The fraction of sp³-hybridized carbons (Fsp3) is 1.00. The van der Waals surface area contributed by atoms with Gasteiger partial charge in [0.15, 0.2) is 0 Å². The first-order valence-electron chi connectivity index (χ1n) is 3.96. The van der Waals surface area contributed by atoms with Crippen molar-refractivity contribution >= 4 is 10.0 Å². The van der Waals surface area contributed by atoms with Gasteiger partial charge in [0.1, 0.15) is 0 Å². The minimum Gasteiger partial charge on any atom is -0.228 e. The van der Waals surface area contributed by atoms with Crippen LogP contribution in [0.1, 0.15) is 32.6 Å². The molecule has 4 heteroatoms. The van der Waals surface area contributed by atoms with Crippen LogP contribution in [0.4, 0.5) is 0 Å². The van der Waals surface area contributed by atoms with Gasteiger partial charge in [-0.2, -0.15) is 0 Å².